The van der Waals surface area contributed by atoms with Gasteiger partial charge < -0.3 is 14.7 Å². The van der Waals surface area contributed by atoms with E-state index in [1.807, 2.05) is 18.2 Å². The number of ether oxygens (including phenoxy) is 1. The van der Waals surface area contributed by atoms with Gasteiger partial charge >= 0.3 is 0 Å². The third-order valence-electron chi connectivity index (χ3n) is 7.13. The van der Waals surface area contributed by atoms with Crippen molar-refractivity contribution in [3.05, 3.63) is 102 Å². The lowest BCUT2D eigenvalue weighted by molar-refractivity contribution is -0.0144. The van der Waals surface area contributed by atoms with Crippen molar-refractivity contribution in [2.75, 3.05) is 26.2 Å². The van der Waals surface area contributed by atoms with Crippen molar-refractivity contribution in [3.63, 3.8) is 0 Å². The van der Waals surface area contributed by atoms with Crippen LogP contribution in [0.4, 0.5) is 0 Å². The van der Waals surface area contributed by atoms with Gasteiger partial charge in [-0.15, -0.1) is 0 Å². The molecule has 4 rings (SSSR count). The number of aliphatic hydroxyl groups is 1. The van der Waals surface area contributed by atoms with Gasteiger partial charge in [-0.1, -0.05) is 86.1 Å². The molecular weight excluding hydrogens is 418 g/mol. The van der Waals surface area contributed by atoms with Gasteiger partial charge in [0.2, 0.25) is 0 Å². The summed E-state index contributed by atoms with van der Waals surface area (Å²) in [5.41, 5.74) is 2.44. The summed E-state index contributed by atoms with van der Waals surface area (Å²) >= 11 is 0. The van der Waals surface area contributed by atoms with Crippen LogP contribution in [0, 0.1) is 0 Å². The van der Waals surface area contributed by atoms with Crippen LogP contribution in [0.15, 0.2) is 84.9 Å². The van der Waals surface area contributed by atoms with E-state index < -0.39 is 5.60 Å². The second kappa shape index (κ2) is 12.2. The smallest absolute Gasteiger partial charge is 0.119 e. The Labute approximate surface area is 205 Å². The second-order valence-electron chi connectivity index (χ2n) is 9.61. The highest BCUT2D eigenvalue weighted by Gasteiger charge is 2.40. The van der Waals surface area contributed by atoms with Crippen LogP contribution in [0.5, 0.6) is 5.75 Å². The normalized spacial score (nSPS) is 17.1. The third-order valence-corrected chi connectivity index (χ3v) is 7.13. The molecule has 0 radical (unpaired) electrons. The molecule has 0 saturated carbocycles. The topological polar surface area (TPSA) is 32.7 Å². The van der Waals surface area contributed by atoms with Gasteiger partial charge in [-0.05, 0) is 74.0 Å². The maximum Gasteiger partial charge on any atom is 0.119 e. The quantitative estimate of drug-likeness (QED) is 0.354. The molecule has 3 heteroatoms. The van der Waals surface area contributed by atoms with Crippen molar-refractivity contribution in [2.24, 2.45) is 0 Å². The number of piperidine rings is 1. The highest BCUT2D eigenvalue weighted by Crippen LogP contribution is 2.42. The number of aryl methyl sites for hydroxylation is 1. The van der Waals surface area contributed by atoms with E-state index in [9.17, 15) is 5.11 Å². The van der Waals surface area contributed by atoms with E-state index in [1.165, 1.54) is 30.4 Å². The van der Waals surface area contributed by atoms with E-state index in [4.69, 9.17) is 4.74 Å². The zero-order valence-corrected chi connectivity index (χ0v) is 20.5. The lowest BCUT2D eigenvalue weighted by Crippen LogP contribution is -2.43. The first-order valence-electron chi connectivity index (χ1n) is 13.0. The summed E-state index contributed by atoms with van der Waals surface area (Å²) in [7, 11) is 0. The molecular formula is C31H39NO2. The minimum Gasteiger partial charge on any atom is -0.494 e. The van der Waals surface area contributed by atoms with E-state index in [2.05, 4.69) is 78.6 Å². The average molecular weight is 458 g/mol. The van der Waals surface area contributed by atoms with Crippen LogP contribution in [-0.4, -0.2) is 36.2 Å². The fraction of sp³-hybridized carbons (Fsp3) is 0.419. The molecule has 0 unspecified atom stereocenters. The van der Waals surface area contributed by atoms with Crippen LogP contribution in [0.3, 0.4) is 0 Å². The number of likely N-dealkylation sites (tertiary alicyclic amines) is 1. The van der Waals surface area contributed by atoms with Gasteiger partial charge in [-0.25, -0.2) is 0 Å². The Balaban J connectivity index is 1.69. The molecule has 3 aromatic carbocycles. The molecule has 1 N–H and O–H groups in total. The van der Waals surface area contributed by atoms with Gasteiger partial charge in [0, 0.05) is 12.5 Å². The Morgan fingerprint density at radius 3 is 2.15 bits per heavy atom. The van der Waals surface area contributed by atoms with E-state index in [0.717, 1.165) is 43.8 Å². The monoisotopic (exact) mass is 457 g/mol. The predicted molar refractivity (Wildman–Crippen MR) is 140 cm³/mol. The fourth-order valence-electron chi connectivity index (χ4n) is 5.18. The maximum atomic E-state index is 12.6. The number of benzene rings is 3. The molecule has 0 aromatic heterocycles. The van der Waals surface area contributed by atoms with Crippen LogP contribution < -0.4 is 4.74 Å². The summed E-state index contributed by atoms with van der Waals surface area (Å²) in [5.74, 6) is 0.848. The molecule has 3 aromatic rings. The van der Waals surface area contributed by atoms with E-state index in [0.29, 0.717) is 13.0 Å². The summed E-state index contributed by atoms with van der Waals surface area (Å²) in [6.07, 6.45) is 6.27. The Hall–Kier alpha value is -2.62. The average Bonchev–Trinajstić information content (AvgIpc) is 2.91. The summed E-state index contributed by atoms with van der Waals surface area (Å²) < 4.78 is 5.83. The summed E-state index contributed by atoms with van der Waals surface area (Å²) in [4.78, 5) is 2.55. The molecule has 1 heterocycles. The molecule has 0 bridgehead atoms. The van der Waals surface area contributed by atoms with Crippen molar-refractivity contribution in [3.8, 4) is 5.75 Å². The summed E-state index contributed by atoms with van der Waals surface area (Å²) in [5, 5.41) is 12.6. The summed E-state index contributed by atoms with van der Waals surface area (Å²) in [6, 6.07) is 29.3. The molecule has 1 fully saturated rings. The third kappa shape index (κ3) is 6.28. The molecule has 180 valence electrons. The molecule has 0 amide bonds. The second-order valence-corrected chi connectivity index (χ2v) is 9.61. The zero-order chi connectivity index (χ0) is 23.6. The molecule has 0 aliphatic carbocycles. The zero-order valence-electron chi connectivity index (χ0n) is 20.5. The molecule has 34 heavy (non-hydrogen) atoms. The number of rotatable bonds is 11. The lowest BCUT2D eigenvalue weighted by atomic mass is 9.73. The molecule has 0 spiro atoms. The first-order chi connectivity index (χ1) is 16.7. The Morgan fingerprint density at radius 2 is 1.50 bits per heavy atom. The van der Waals surface area contributed by atoms with Gasteiger partial charge in [-0.3, -0.25) is 0 Å². The van der Waals surface area contributed by atoms with Crippen molar-refractivity contribution >= 4 is 0 Å². The summed E-state index contributed by atoms with van der Waals surface area (Å²) in [6.45, 7) is 5.91. The molecule has 1 saturated heterocycles. The van der Waals surface area contributed by atoms with Crippen LogP contribution >= 0.6 is 0 Å². The van der Waals surface area contributed by atoms with Crippen molar-refractivity contribution in [2.45, 2.75) is 57.0 Å². The maximum absolute atomic E-state index is 12.6. The fourth-order valence-corrected chi connectivity index (χ4v) is 5.18. The van der Waals surface area contributed by atoms with E-state index in [1.54, 1.807) is 0 Å². The van der Waals surface area contributed by atoms with Gasteiger partial charge in [0.15, 0.2) is 0 Å². The first-order valence-corrected chi connectivity index (χ1v) is 13.0. The van der Waals surface area contributed by atoms with E-state index in [-0.39, 0.29) is 5.92 Å². The number of hydrogen-bond acceptors (Lipinski definition) is 3. The SMILES string of the molecule is CCCOc1ccc([C@@](O)(CCc2ccccc2)[C@H](CN2CCCCC2)c2ccccc2)cc1. The van der Waals surface area contributed by atoms with Gasteiger partial charge in [0.25, 0.3) is 0 Å². The number of nitrogens with zero attached hydrogens (tertiary/aromatic N) is 1. The van der Waals surface area contributed by atoms with Crippen LogP contribution in [-0.2, 0) is 12.0 Å². The van der Waals surface area contributed by atoms with Crippen LogP contribution in [0.25, 0.3) is 0 Å². The molecule has 1 aliphatic rings. The van der Waals surface area contributed by atoms with Gasteiger partial charge in [0.05, 0.1) is 12.2 Å². The van der Waals surface area contributed by atoms with Gasteiger partial charge in [0.1, 0.15) is 5.75 Å². The molecule has 2 atom stereocenters. The Morgan fingerprint density at radius 1 is 0.853 bits per heavy atom. The van der Waals surface area contributed by atoms with Crippen LogP contribution in [0.2, 0.25) is 0 Å². The minimum absolute atomic E-state index is 0.0158. The first kappa shape index (κ1) is 24.5. The lowest BCUT2D eigenvalue weighted by Gasteiger charge is -2.41. The van der Waals surface area contributed by atoms with Crippen molar-refractivity contribution in [1.29, 1.82) is 0 Å². The van der Waals surface area contributed by atoms with Crippen molar-refractivity contribution < 1.29 is 9.84 Å². The minimum atomic E-state index is -0.988. The predicted octanol–water partition coefficient (Wildman–Crippen LogP) is 6.57. The Kier molecular flexibility index (Phi) is 8.79. The number of hydrogen-bond donors (Lipinski definition) is 1. The highest BCUT2D eigenvalue weighted by molar-refractivity contribution is 5.36. The Bertz CT molecular complexity index is 967. The standard InChI is InChI=1S/C31H39NO2/c1-2-24-34-29-18-16-28(17-19-29)31(33,21-20-26-12-6-3-7-13-26)30(27-14-8-4-9-15-27)25-32-22-10-5-11-23-32/h3-4,6-9,12-19,30,33H,2,5,10-11,20-25H2,1H3/t30-,31+/m1/s1. The van der Waals surface area contributed by atoms with Crippen molar-refractivity contribution in [1.82, 2.24) is 4.90 Å². The van der Waals surface area contributed by atoms with E-state index >= 15 is 0 Å². The molecule has 1 aliphatic heterocycles. The van der Waals surface area contributed by atoms with Crippen LogP contribution in [0.1, 0.15) is 61.6 Å². The molecule has 3 nitrogen and oxygen atoms in total. The largest absolute Gasteiger partial charge is 0.494 e. The van der Waals surface area contributed by atoms with Gasteiger partial charge in [-0.2, -0.15) is 0 Å². The highest BCUT2D eigenvalue weighted by atomic mass is 16.5.